The fourth-order valence-electron chi connectivity index (χ4n) is 0.706. The topological polar surface area (TPSA) is 26.0 Å². The molecule has 0 spiro atoms. The van der Waals surface area contributed by atoms with Gasteiger partial charge in [0.1, 0.15) is 5.82 Å². The lowest BCUT2D eigenvalue weighted by Crippen LogP contribution is -1.97. The normalized spacial score (nSPS) is 13.2. The first-order chi connectivity index (χ1) is 6.25. The first-order valence-electron chi connectivity index (χ1n) is 4.38. The highest BCUT2D eigenvalue weighted by Gasteiger charge is 2.01. The number of halogens is 2. The fourth-order valence-corrected chi connectivity index (χ4v) is 0.909. The summed E-state index contributed by atoms with van der Waals surface area (Å²) < 4.78 is 12.6. The largest absolute Gasteiger partial charge is 0.326 e. The lowest BCUT2D eigenvalue weighted by Gasteiger charge is -1.99. The van der Waals surface area contributed by atoms with E-state index < -0.39 is 5.82 Å². The van der Waals surface area contributed by atoms with E-state index in [9.17, 15) is 4.39 Å². The van der Waals surface area contributed by atoms with Crippen LogP contribution in [0.4, 0.5) is 4.39 Å². The Kier molecular flexibility index (Phi) is 4.19. The summed E-state index contributed by atoms with van der Waals surface area (Å²) in [6.07, 6.45) is 4.50. The number of benzene rings is 1. The fraction of sp³-hybridized carbons (Fsp3) is 0.400. The van der Waals surface area contributed by atoms with Gasteiger partial charge in [0.25, 0.3) is 0 Å². The van der Waals surface area contributed by atoms with Crippen molar-refractivity contribution in [1.82, 2.24) is 0 Å². The van der Waals surface area contributed by atoms with Gasteiger partial charge < -0.3 is 5.73 Å². The molecular weight excluding hydrogens is 189 g/mol. The van der Waals surface area contributed by atoms with Crippen molar-refractivity contribution in [2.24, 2.45) is 5.73 Å². The molecule has 1 aliphatic carbocycles. The van der Waals surface area contributed by atoms with Gasteiger partial charge in [-0.3, -0.25) is 0 Å². The molecule has 1 aliphatic rings. The van der Waals surface area contributed by atoms with Crippen molar-refractivity contribution in [2.45, 2.75) is 25.8 Å². The molecule has 1 saturated carbocycles. The third kappa shape index (κ3) is 3.75. The van der Waals surface area contributed by atoms with Crippen LogP contribution in [0.3, 0.4) is 0 Å². The summed E-state index contributed by atoms with van der Waals surface area (Å²) in [6, 6.07) is 4.59. The lowest BCUT2D eigenvalue weighted by molar-refractivity contribution is 0.626. The molecule has 72 valence electrons. The summed E-state index contributed by atoms with van der Waals surface area (Å²) in [5.74, 6) is -0.412. The van der Waals surface area contributed by atoms with Crippen LogP contribution in [-0.2, 0) is 6.54 Å². The van der Waals surface area contributed by atoms with Crippen LogP contribution in [0.5, 0.6) is 0 Å². The Morgan fingerprint density at radius 3 is 2.31 bits per heavy atom. The first kappa shape index (κ1) is 10.5. The lowest BCUT2D eigenvalue weighted by atomic mass is 10.2. The van der Waals surface area contributed by atoms with Gasteiger partial charge >= 0.3 is 0 Å². The Hall–Kier alpha value is -0.600. The maximum atomic E-state index is 12.6. The van der Waals surface area contributed by atoms with E-state index in [1.165, 1.54) is 25.3 Å². The van der Waals surface area contributed by atoms with Gasteiger partial charge in [-0.15, -0.1) is 0 Å². The molecule has 0 saturated heterocycles. The van der Waals surface area contributed by atoms with E-state index in [1.807, 2.05) is 0 Å². The zero-order chi connectivity index (χ0) is 9.68. The molecule has 2 N–H and O–H groups in total. The van der Waals surface area contributed by atoms with Gasteiger partial charge in [-0.25, -0.2) is 4.39 Å². The maximum Gasteiger partial charge on any atom is 0.142 e. The zero-order valence-corrected chi connectivity index (χ0v) is 8.15. The summed E-state index contributed by atoms with van der Waals surface area (Å²) in [6.45, 7) is 0.274. The summed E-state index contributed by atoms with van der Waals surface area (Å²) in [4.78, 5) is 0. The van der Waals surface area contributed by atoms with Crippen LogP contribution in [-0.4, -0.2) is 0 Å². The van der Waals surface area contributed by atoms with Crippen LogP contribution in [0, 0.1) is 5.82 Å². The van der Waals surface area contributed by atoms with Crippen LogP contribution in [0.2, 0.25) is 5.02 Å². The Bertz CT molecular complexity index is 271. The van der Waals surface area contributed by atoms with Crippen molar-refractivity contribution in [3.05, 3.63) is 34.6 Å². The van der Waals surface area contributed by atoms with Gasteiger partial charge in [0, 0.05) is 6.54 Å². The van der Waals surface area contributed by atoms with E-state index in [0.29, 0.717) is 5.56 Å². The van der Waals surface area contributed by atoms with Gasteiger partial charge in [0.05, 0.1) is 5.02 Å². The molecule has 1 aromatic rings. The monoisotopic (exact) mass is 201 g/mol. The van der Waals surface area contributed by atoms with E-state index >= 15 is 0 Å². The van der Waals surface area contributed by atoms with Crippen molar-refractivity contribution in [1.29, 1.82) is 0 Å². The first-order valence-corrected chi connectivity index (χ1v) is 4.76. The van der Waals surface area contributed by atoms with E-state index in [0.717, 1.165) is 0 Å². The Morgan fingerprint density at radius 1 is 1.31 bits per heavy atom. The van der Waals surface area contributed by atoms with E-state index in [-0.39, 0.29) is 11.6 Å². The van der Waals surface area contributed by atoms with Crippen LogP contribution in [0.25, 0.3) is 0 Å². The highest BCUT2D eigenvalue weighted by Crippen LogP contribution is 2.18. The Balaban J connectivity index is 0.000000236. The third-order valence-electron chi connectivity index (χ3n) is 1.61. The summed E-state index contributed by atoms with van der Waals surface area (Å²) in [5, 5.41) is 0.130. The van der Waals surface area contributed by atoms with Crippen LogP contribution < -0.4 is 5.73 Å². The van der Waals surface area contributed by atoms with Gasteiger partial charge in [-0.1, -0.05) is 43.0 Å². The molecule has 0 atom stereocenters. The van der Waals surface area contributed by atoms with E-state index in [2.05, 4.69) is 0 Å². The number of hydrogen-bond acceptors (Lipinski definition) is 1. The smallest absolute Gasteiger partial charge is 0.142 e. The van der Waals surface area contributed by atoms with Crippen LogP contribution in [0.1, 0.15) is 24.8 Å². The molecule has 3 heteroatoms. The molecule has 0 heterocycles. The van der Waals surface area contributed by atoms with Crippen molar-refractivity contribution in [3.63, 3.8) is 0 Å². The standard InChI is InChI=1S/C7H7ClFN.C3H6/c8-7-5(4-10)2-1-3-6(7)9;1-2-3-1/h1-3H,4,10H2;1-3H2. The highest BCUT2D eigenvalue weighted by molar-refractivity contribution is 6.31. The SMILES string of the molecule is C1CC1.NCc1cccc(F)c1Cl. The minimum atomic E-state index is -0.412. The van der Waals surface area contributed by atoms with Crippen LogP contribution >= 0.6 is 11.6 Å². The average Bonchev–Trinajstić information content (AvgIpc) is 2.96. The van der Waals surface area contributed by atoms with Gasteiger partial charge in [0.2, 0.25) is 0 Å². The zero-order valence-electron chi connectivity index (χ0n) is 7.39. The highest BCUT2D eigenvalue weighted by atomic mass is 35.5. The molecule has 0 aliphatic heterocycles. The summed E-state index contributed by atoms with van der Waals surface area (Å²) >= 11 is 5.54. The van der Waals surface area contributed by atoms with Crippen molar-refractivity contribution >= 4 is 11.6 Å². The quantitative estimate of drug-likeness (QED) is 0.743. The van der Waals surface area contributed by atoms with E-state index in [4.69, 9.17) is 17.3 Å². The van der Waals surface area contributed by atoms with Crippen molar-refractivity contribution in [3.8, 4) is 0 Å². The second-order valence-corrected chi connectivity index (χ2v) is 3.36. The molecule has 0 amide bonds. The molecule has 1 aromatic carbocycles. The Morgan fingerprint density at radius 2 is 1.92 bits per heavy atom. The molecular formula is C10H13ClFN. The number of hydrogen-bond donors (Lipinski definition) is 1. The second kappa shape index (κ2) is 5.20. The minimum absolute atomic E-state index is 0.130. The van der Waals surface area contributed by atoms with Gasteiger partial charge in [-0.05, 0) is 11.6 Å². The Labute approximate surface area is 82.7 Å². The predicted molar refractivity (Wildman–Crippen MR) is 53.2 cm³/mol. The molecule has 0 radical (unpaired) electrons. The number of nitrogens with two attached hydrogens (primary N) is 1. The van der Waals surface area contributed by atoms with Gasteiger partial charge in [-0.2, -0.15) is 0 Å². The van der Waals surface area contributed by atoms with Crippen molar-refractivity contribution < 1.29 is 4.39 Å². The molecule has 2 rings (SSSR count). The number of rotatable bonds is 1. The average molecular weight is 202 g/mol. The van der Waals surface area contributed by atoms with Crippen LogP contribution in [0.15, 0.2) is 18.2 Å². The minimum Gasteiger partial charge on any atom is -0.326 e. The molecule has 0 aromatic heterocycles. The predicted octanol–water partition coefficient (Wildman–Crippen LogP) is 3.11. The third-order valence-corrected chi connectivity index (χ3v) is 2.03. The summed E-state index contributed by atoms with van der Waals surface area (Å²) in [5.41, 5.74) is 5.91. The molecule has 0 unspecified atom stereocenters. The molecule has 1 fully saturated rings. The summed E-state index contributed by atoms with van der Waals surface area (Å²) in [7, 11) is 0. The van der Waals surface area contributed by atoms with Gasteiger partial charge in [0.15, 0.2) is 0 Å². The maximum absolute atomic E-state index is 12.6. The second-order valence-electron chi connectivity index (χ2n) is 2.98. The molecule has 13 heavy (non-hydrogen) atoms. The molecule has 0 bridgehead atoms. The molecule has 1 nitrogen and oxygen atoms in total. The van der Waals surface area contributed by atoms with E-state index in [1.54, 1.807) is 12.1 Å². The van der Waals surface area contributed by atoms with Crippen molar-refractivity contribution in [2.75, 3.05) is 0 Å².